The van der Waals surface area contributed by atoms with Gasteiger partial charge in [-0.1, -0.05) is 18.6 Å². The SMILES string of the molecule is CC(O)(c1cccc(F)c1F)C1(CN)CCC1. The van der Waals surface area contributed by atoms with Crippen LogP contribution in [0.5, 0.6) is 0 Å². The molecular weight excluding hydrogens is 224 g/mol. The van der Waals surface area contributed by atoms with Crippen LogP contribution < -0.4 is 5.73 Å². The topological polar surface area (TPSA) is 46.2 Å². The molecule has 1 aliphatic carbocycles. The smallest absolute Gasteiger partial charge is 0.164 e. The van der Waals surface area contributed by atoms with E-state index in [4.69, 9.17) is 5.73 Å². The summed E-state index contributed by atoms with van der Waals surface area (Å²) in [6.07, 6.45) is 2.45. The molecule has 2 rings (SSSR count). The Labute approximate surface area is 99.4 Å². The van der Waals surface area contributed by atoms with Crippen molar-refractivity contribution < 1.29 is 13.9 Å². The van der Waals surface area contributed by atoms with Gasteiger partial charge in [-0.25, -0.2) is 8.78 Å². The highest BCUT2D eigenvalue weighted by Gasteiger charge is 2.52. The third-order valence-corrected chi connectivity index (χ3v) is 4.21. The van der Waals surface area contributed by atoms with Crippen LogP contribution in [0.1, 0.15) is 31.7 Å². The quantitative estimate of drug-likeness (QED) is 0.853. The minimum Gasteiger partial charge on any atom is -0.385 e. The molecule has 0 bridgehead atoms. The van der Waals surface area contributed by atoms with Crippen molar-refractivity contribution in [3.63, 3.8) is 0 Å². The second kappa shape index (κ2) is 4.03. The summed E-state index contributed by atoms with van der Waals surface area (Å²) >= 11 is 0. The maximum atomic E-state index is 13.7. The molecule has 94 valence electrons. The van der Waals surface area contributed by atoms with E-state index in [0.717, 1.165) is 25.3 Å². The first-order chi connectivity index (χ1) is 7.94. The average molecular weight is 241 g/mol. The second-order valence-electron chi connectivity index (χ2n) is 5.01. The number of benzene rings is 1. The number of aliphatic hydroxyl groups is 1. The van der Waals surface area contributed by atoms with E-state index < -0.39 is 22.7 Å². The summed E-state index contributed by atoms with van der Waals surface area (Å²) in [5.41, 5.74) is 3.76. The number of rotatable bonds is 3. The van der Waals surface area contributed by atoms with Crippen LogP contribution in [0.25, 0.3) is 0 Å². The zero-order valence-electron chi connectivity index (χ0n) is 9.84. The average Bonchev–Trinajstić information content (AvgIpc) is 2.20. The first-order valence-corrected chi connectivity index (χ1v) is 5.81. The van der Waals surface area contributed by atoms with Crippen molar-refractivity contribution in [2.45, 2.75) is 31.8 Å². The summed E-state index contributed by atoms with van der Waals surface area (Å²) in [5.74, 6) is -1.91. The van der Waals surface area contributed by atoms with Crippen LogP contribution in [-0.4, -0.2) is 11.7 Å². The number of halogens is 2. The highest BCUT2D eigenvalue weighted by Crippen LogP contribution is 2.53. The van der Waals surface area contributed by atoms with Crippen LogP contribution in [0.15, 0.2) is 18.2 Å². The first-order valence-electron chi connectivity index (χ1n) is 5.81. The molecule has 1 saturated carbocycles. The van der Waals surface area contributed by atoms with E-state index in [-0.39, 0.29) is 12.1 Å². The molecule has 4 heteroatoms. The molecule has 17 heavy (non-hydrogen) atoms. The number of nitrogens with two attached hydrogens (primary N) is 1. The van der Waals surface area contributed by atoms with E-state index in [0.29, 0.717) is 0 Å². The summed E-state index contributed by atoms with van der Waals surface area (Å²) in [7, 11) is 0. The number of hydrogen-bond acceptors (Lipinski definition) is 2. The van der Waals surface area contributed by atoms with E-state index in [1.54, 1.807) is 0 Å². The fraction of sp³-hybridized carbons (Fsp3) is 0.538. The van der Waals surface area contributed by atoms with Crippen LogP contribution in [-0.2, 0) is 5.60 Å². The van der Waals surface area contributed by atoms with Gasteiger partial charge in [-0.3, -0.25) is 0 Å². The Hall–Kier alpha value is -1.00. The summed E-state index contributed by atoms with van der Waals surface area (Å²) in [6, 6.07) is 3.88. The van der Waals surface area contributed by atoms with E-state index in [2.05, 4.69) is 0 Å². The van der Waals surface area contributed by atoms with Gasteiger partial charge in [0.25, 0.3) is 0 Å². The number of hydrogen-bond donors (Lipinski definition) is 2. The van der Waals surface area contributed by atoms with Crippen LogP contribution in [0.4, 0.5) is 8.78 Å². The zero-order chi connectivity index (χ0) is 12.7. The van der Waals surface area contributed by atoms with Gasteiger partial charge in [0.1, 0.15) is 0 Å². The summed E-state index contributed by atoms with van der Waals surface area (Å²) < 4.78 is 27.0. The van der Waals surface area contributed by atoms with Gasteiger partial charge in [0, 0.05) is 17.5 Å². The fourth-order valence-corrected chi connectivity index (χ4v) is 2.66. The van der Waals surface area contributed by atoms with E-state index in [1.165, 1.54) is 19.1 Å². The van der Waals surface area contributed by atoms with Gasteiger partial charge in [-0.15, -0.1) is 0 Å². The summed E-state index contributed by atoms with van der Waals surface area (Å²) in [5, 5.41) is 10.6. The maximum absolute atomic E-state index is 13.7. The van der Waals surface area contributed by atoms with E-state index >= 15 is 0 Å². The highest BCUT2D eigenvalue weighted by atomic mass is 19.2. The Morgan fingerprint density at radius 3 is 2.53 bits per heavy atom. The molecule has 0 saturated heterocycles. The van der Waals surface area contributed by atoms with Crippen LogP contribution in [0, 0.1) is 17.0 Å². The van der Waals surface area contributed by atoms with Crippen LogP contribution in [0.2, 0.25) is 0 Å². The Kier molecular flexibility index (Phi) is 2.96. The largest absolute Gasteiger partial charge is 0.385 e. The molecule has 0 aromatic heterocycles. The van der Waals surface area contributed by atoms with Crippen molar-refractivity contribution in [2.24, 2.45) is 11.1 Å². The minimum absolute atomic E-state index is 0.00245. The van der Waals surface area contributed by atoms with Gasteiger partial charge in [-0.2, -0.15) is 0 Å². The minimum atomic E-state index is -1.42. The zero-order valence-corrected chi connectivity index (χ0v) is 9.84. The molecule has 0 heterocycles. The highest BCUT2D eigenvalue weighted by molar-refractivity contribution is 5.28. The molecule has 3 N–H and O–H groups in total. The molecular formula is C13H17F2NO. The lowest BCUT2D eigenvalue weighted by molar-refractivity contribution is -0.118. The van der Waals surface area contributed by atoms with Crippen molar-refractivity contribution >= 4 is 0 Å². The molecule has 1 aromatic rings. The Morgan fingerprint density at radius 1 is 1.41 bits per heavy atom. The van der Waals surface area contributed by atoms with E-state index in [1.807, 2.05) is 0 Å². The molecule has 0 aliphatic heterocycles. The second-order valence-corrected chi connectivity index (χ2v) is 5.01. The van der Waals surface area contributed by atoms with Crippen molar-refractivity contribution in [2.75, 3.05) is 6.54 Å². The molecule has 0 radical (unpaired) electrons. The fourth-order valence-electron chi connectivity index (χ4n) is 2.66. The Balaban J connectivity index is 2.47. The summed E-state index contributed by atoms with van der Waals surface area (Å²) in [4.78, 5) is 0. The van der Waals surface area contributed by atoms with Gasteiger partial charge < -0.3 is 10.8 Å². The van der Waals surface area contributed by atoms with Gasteiger partial charge in [-0.05, 0) is 25.8 Å². The van der Waals surface area contributed by atoms with Gasteiger partial charge in [0.15, 0.2) is 11.6 Å². The molecule has 0 amide bonds. The molecule has 1 unspecified atom stereocenters. The molecule has 0 spiro atoms. The van der Waals surface area contributed by atoms with Crippen LogP contribution >= 0.6 is 0 Å². The monoisotopic (exact) mass is 241 g/mol. The van der Waals surface area contributed by atoms with Gasteiger partial charge in [0.05, 0.1) is 5.60 Å². The van der Waals surface area contributed by atoms with Gasteiger partial charge >= 0.3 is 0 Å². The lowest BCUT2D eigenvalue weighted by Gasteiger charge is -2.51. The van der Waals surface area contributed by atoms with Crippen molar-refractivity contribution in [1.29, 1.82) is 0 Å². The Bertz CT molecular complexity index is 422. The third kappa shape index (κ3) is 1.67. The maximum Gasteiger partial charge on any atom is 0.164 e. The molecule has 1 fully saturated rings. The van der Waals surface area contributed by atoms with Crippen molar-refractivity contribution in [3.05, 3.63) is 35.4 Å². The molecule has 1 atom stereocenters. The molecule has 1 aliphatic rings. The molecule has 2 nitrogen and oxygen atoms in total. The molecule has 1 aromatic carbocycles. The predicted molar refractivity (Wildman–Crippen MR) is 61.3 cm³/mol. The lowest BCUT2D eigenvalue weighted by atomic mass is 9.57. The Morgan fingerprint density at radius 2 is 2.06 bits per heavy atom. The van der Waals surface area contributed by atoms with Gasteiger partial charge in [0.2, 0.25) is 0 Å². The van der Waals surface area contributed by atoms with E-state index in [9.17, 15) is 13.9 Å². The predicted octanol–water partition coefficient (Wildman–Crippen LogP) is 2.30. The third-order valence-electron chi connectivity index (χ3n) is 4.21. The van der Waals surface area contributed by atoms with Crippen LogP contribution in [0.3, 0.4) is 0 Å². The van der Waals surface area contributed by atoms with Crippen molar-refractivity contribution in [3.8, 4) is 0 Å². The first kappa shape index (κ1) is 12.5. The normalized spacial score (nSPS) is 21.7. The van der Waals surface area contributed by atoms with Crippen molar-refractivity contribution in [1.82, 2.24) is 0 Å². The summed E-state index contributed by atoms with van der Waals surface area (Å²) in [6.45, 7) is 1.80. The lowest BCUT2D eigenvalue weighted by Crippen LogP contribution is -2.53. The standard InChI is InChI=1S/C13H17F2NO/c1-12(17,13(8-16)6-3-7-13)9-4-2-5-10(14)11(9)15/h2,4-5,17H,3,6-8,16H2,1H3.